The molecular formula is C31H30ClN3O3S. The number of carboxylic acid groups (broad SMARTS) is 1. The van der Waals surface area contributed by atoms with Crippen LogP contribution < -0.4 is 4.90 Å². The van der Waals surface area contributed by atoms with Gasteiger partial charge in [0.15, 0.2) is 0 Å². The van der Waals surface area contributed by atoms with Crippen LogP contribution in [0.4, 0.5) is 5.69 Å². The summed E-state index contributed by atoms with van der Waals surface area (Å²) in [5.41, 5.74) is 6.47. The van der Waals surface area contributed by atoms with Crippen molar-refractivity contribution >= 4 is 40.9 Å². The molecule has 0 atom stereocenters. The first-order valence-corrected chi connectivity index (χ1v) is 14.4. The summed E-state index contributed by atoms with van der Waals surface area (Å²) in [6.45, 7) is 3.24. The first kappa shape index (κ1) is 27.0. The minimum absolute atomic E-state index is 0.158. The first-order chi connectivity index (χ1) is 18.9. The Morgan fingerprint density at radius 3 is 2.77 bits per heavy atom. The smallest absolute Gasteiger partial charge is 0.335 e. The predicted molar refractivity (Wildman–Crippen MR) is 157 cm³/mol. The zero-order chi connectivity index (χ0) is 27.4. The summed E-state index contributed by atoms with van der Waals surface area (Å²) < 4.78 is 1.82. The molecule has 6 nitrogen and oxygen atoms in total. The van der Waals surface area contributed by atoms with E-state index in [1.54, 1.807) is 30.0 Å². The molecule has 0 bridgehead atoms. The lowest BCUT2D eigenvalue weighted by Gasteiger charge is -2.31. The highest BCUT2D eigenvalue weighted by molar-refractivity contribution is 7.99. The lowest BCUT2D eigenvalue weighted by Crippen LogP contribution is -2.35. The Morgan fingerprint density at radius 2 is 1.92 bits per heavy atom. The molecule has 0 fully saturated rings. The fourth-order valence-corrected chi connectivity index (χ4v) is 6.26. The van der Waals surface area contributed by atoms with Gasteiger partial charge in [-0.2, -0.15) is 5.10 Å². The molecule has 2 heterocycles. The molecule has 0 radical (unpaired) electrons. The van der Waals surface area contributed by atoms with Crippen molar-refractivity contribution in [1.29, 1.82) is 0 Å². The van der Waals surface area contributed by atoms with Crippen LogP contribution in [-0.4, -0.2) is 39.1 Å². The van der Waals surface area contributed by atoms with Crippen LogP contribution in [0.15, 0.2) is 78.0 Å². The van der Waals surface area contributed by atoms with Crippen LogP contribution in [0.2, 0.25) is 5.02 Å². The number of carbonyl (C=O) groups is 2. The lowest BCUT2D eigenvalue weighted by atomic mass is 9.93. The summed E-state index contributed by atoms with van der Waals surface area (Å²) in [6.07, 6.45) is 6.96. The topological polar surface area (TPSA) is 75.4 Å². The van der Waals surface area contributed by atoms with Gasteiger partial charge < -0.3 is 10.0 Å². The van der Waals surface area contributed by atoms with Gasteiger partial charge in [0.2, 0.25) is 5.91 Å². The van der Waals surface area contributed by atoms with E-state index in [1.165, 1.54) is 5.56 Å². The summed E-state index contributed by atoms with van der Waals surface area (Å²) >= 11 is 7.98. The number of anilines is 1. The molecule has 3 aromatic carbocycles. The third-order valence-electron chi connectivity index (χ3n) is 7.02. The molecule has 39 heavy (non-hydrogen) atoms. The zero-order valence-corrected chi connectivity index (χ0v) is 23.3. The number of fused-ring (bicyclic) bond motifs is 1. The maximum absolute atomic E-state index is 13.3. The maximum Gasteiger partial charge on any atom is 0.335 e. The average Bonchev–Trinajstić information content (AvgIpc) is 3.40. The average molecular weight is 560 g/mol. The molecule has 0 spiro atoms. The second-order valence-corrected chi connectivity index (χ2v) is 11.2. The SMILES string of the molecule is Cc1c(Cl)cccc1SCCCC(=O)N1CCCc2c(-c3cnn(Cc4cccc(C(=O)O)c4)c3)cccc21. The van der Waals surface area contributed by atoms with E-state index in [0.29, 0.717) is 13.0 Å². The van der Waals surface area contributed by atoms with E-state index in [9.17, 15) is 14.7 Å². The molecular weight excluding hydrogens is 530 g/mol. The van der Waals surface area contributed by atoms with Gasteiger partial charge in [-0.15, -0.1) is 11.8 Å². The van der Waals surface area contributed by atoms with E-state index >= 15 is 0 Å². The van der Waals surface area contributed by atoms with Crippen LogP contribution in [0, 0.1) is 6.92 Å². The minimum atomic E-state index is -0.942. The summed E-state index contributed by atoms with van der Waals surface area (Å²) in [7, 11) is 0. The number of aromatic carboxylic acids is 1. The molecule has 1 amide bonds. The number of thioether (sulfide) groups is 1. The molecule has 0 saturated carbocycles. The predicted octanol–water partition coefficient (Wildman–Crippen LogP) is 7.11. The number of carboxylic acids is 1. The molecule has 1 N–H and O–H groups in total. The summed E-state index contributed by atoms with van der Waals surface area (Å²) in [6, 6.07) is 19.0. The Morgan fingerprint density at radius 1 is 1.10 bits per heavy atom. The zero-order valence-electron chi connectivity index (χ0n) is 21.8. The lowest BCUT2D eigenvalue weighted by molar-refractivity contribution is -0.118. The molecule has 0 unspecified atom stereocenters. The van der Waals surface area contributed by atoms with E-state index in [4.69, 9.17) is 11.6 Å². The minimum Gasteiger partial charge on any atom is -0.478 e. The summed E-state index contributed by atoms with van der Waals surface area (Å²) in [5.74, 6) is 0.0795. The molecule has 0 saturated heterocycles. The quantitative estimate of drug-likeness (QED) is 0.175. The van der Waals surface area contributed by atoms with Crippen molar-refractivity contribution in [3.05, 3.63) is 100 Å². The van der Waals surface area contributed by atoms with E-state index in [1.807, 2.05) is 59.2 Å². The molecule has 1 aliphatic rings. The number of nitrogens with zero attached hydrogens (tertiary/aromatic N) is 3. The van der Waals surface area contributed by atoms with Crippen molar-refractivity contribution < 1.29 is 14.7 Å². The second-order valence-electron chi connectivity index (χ2n) is 9.70. The highest BCUT2D eigenvalue weighted by atomic mass is 35.5. The highest BCUT2D eigenvalue weighted by Gasteiger charge is 2.24. The highest BCUT2D eigenvalue weighted by Crippen LogP contribution is 2.36. The molecule has 1 aromatic heterocycles. The fourth-order valence-electron chi connectivity index (χ4n) is 5.02. The molecule has 5 rings (SSSR count). The standard InChI is InChI=1S/C31H30ClN3O3S/c1-21-27(32)11-4-13-29(21)39-16-6-14-30(36)35-15-5-10-26-25(9-3-12-28(26)35)24-18-33-34(20-24)19-22-7-2-8-23(17-22)31(37)38/h2-4,7-9,11-13,17-18,20H,5-6,10,14-16,19H2,1H3,(H,37,38). The normalized spacial score (nSPS) is 12.8. The monoisotopic (exact) mass is 559 g/mol. The molecule has 4 aromatic rings. The summed E-state index contributed by atoms with van der Waals surface area (Å²) in [5, 5.41) is 14.6. The van der Waals surface area contributed by atoms with Gasteiger partial charge in [0, 0.05) is 40.3 Å². The van der Waals surface area contributed by atoms with E-state index in [2.05, 4.69) is 17.2 Å². The van der Waals surface area contributed by atoms with Crippen molar-refractivity contribution in [2.45, 2.75) is 44.0 Å². The number of benzene rings is 3. The number of carbonyl (C=O) groups excluding carboxylic acids is 1. The molecule has 0 aliphatic carbocycles. The van der Waals surface area contributed by atoms with Gasteiger partial charge in [0.25, 0.3) is 0 Å². The third kappa shape index (κ3) is 6.21. The van der Waals surface area contributed by atoms with Crippen LogP contribution in [0.1, 0.15) is 46.3 Å². The number of amides is 1. The van der Waals surface area contributed by atoms with E-state index in [0.717, 1.165) is 69.4 Å². The van der Waals surface area contributed by atoms with Crippen LogP contribution in [0.3, 0.4) is 0 Å². The maximum atomic E-state index is 13.3. The number of aromatic nitrogens is 2. The van der Waals surface area contributed by atoms with Gasteiger partial charge >= 0.3 is 5.97 Å². The number of halogens is 1. The second kappa shape index (κ2) is 12.1. The van der Waals surface area contributed by atoms with Gasteiger partial charge in [-0.1, -0.05) is 41.9 Å². The van der Waals surface area contributed by atoms with Crippen molar-refractivity contribution in [3.63, 3.8) is 0 Å². The fraction of sp³-hybridized carbons (Fsp3) is 0.258. The Kier molecular flexibility index (Phi) is 8.38. The Hall–Kier alpha value is -3.55. The van der Waals surface area contributed by atoms with Gasteiger partial charge in [-0.05, 0) is 84.5 Å². The summed E-state index contributed by atoms with van der Waals surface area (Å²) in [4.78, 5) is 27.7. The first-order valence-electron chi connectivity index (χ1n) is 13.1. The Balaban J connectivity index is 1.26. The number of hydrogen-bond donors (Lipinski definition) is 1. The van der Waals surface area contributed by atoms with Crippen molar-refractivity contribution in [3.8, 4) is 11.1 Å². The van der Waals surface area contributed by atoms with Gasteiger partial charge in [0.05, 0.1) is 18.3 Å². The van der Waals surface area contributed by atoms with Gasteiger partial charge in [0.1, 0.15) is 0 Å². The van der Waals surface area contributed by atoms with Crippen LogP contribution in [-0.2, 0) is 17.8 Å². The Bertz CT molecular complexity index is 1520. The Labute approximate surface area is 237 Å². The van der Waals surface area contributed by atoms with Gasteiger partial charge in [-0.3, -0.25) is 9.48 Å². The van der Waals surface area contributed by atoms with Gasteiger partial charge in [-0.25, -0.2) is 4.79 Å². The van der Waals surface area contributed by atoms with Crippen LogP contribution in [0.5, 0.6) is 0 Å². The van der Waals surface area contributed by atoms with E-state index < -0.39 is 5.97 Å². The van der Waals surface area contributed by atoms with E-state index in [-0.39, 0.29) is 11.5 Å². The third-order valence-corrected chi connectivity index (χ3v) is 8.68. The van der Waals surface area contributed by atoms with Crippen molar-refractivity contribution in [1.82, 2.24) is 9.78 Å². The molecule has 8 heteroatoms. The molecule has 200 valence electrons. The molecule has 1 aliphatic heterocycles. The van der Waals surface area contributed by atoms with Crippen molar-refractivity contribution in [2.75, 3.05) is 17.2 Å². The number of hydrogen-bond acceptors (Lipinski definition) is 4. The van der Waals surface area contributed by atoms with Crippen LogP contribution >= 0.6 is 23.4 Å². The largest absolute Gasteiger partial charge is 0.478 e. The van der Waals surface area contributed by atoms with Crippen molar-refractivity contribution in [2.24, 2.45) is 0 Å². The van der Waals surface area contributed by atoms with Crippen LogP contribution in [0.25, 0.3) is 11.1 Å². The number of rotatable bonds is 9.